The summed E-state index contributed by atoms with van der Waals surface area (Å²) in [5.41, 5.74) is 2.98. The molecule has 0 saturated carbocycles. The quantitative estimate of drug-likeness (QED) is 0.521. The van der Waals surface area contributed by atoms with Crippen molar-refractivity contribution in [3.05, 3.63) is 67.6 Å². The van der Waals surface area contributed by atoms with E-state index in [0.717, 1.165) is 4.57 Å². The van der Waals surface area contributed by atoms with Crippen LogP contribution in [0.2, 0.25) is 0 Å². The van der Waals surface area contributed by atoms with Crippen molar-refractivity contribution in [1.29, 1.82) is 0 Å². The fourth-order valence-electron chi connectivity index (χ4n) is 2.64. The van der Waals surface area contributed by atoms with Gasteiger partial charge in [0.15, 0.2) is 11.2 Å². The monoisotopic (exact) mass is 404 g/mol. The fraction of sp³-hybridized carbons (Fsp3) is 0.222. The Kier molecular flexibility index (Phi) is 5.46. The van der Waals surface area contributed by atoms with E-state index in [-0.39, 0.29) is 29.5 Å². The molecule has 0 radical (unpaired) electrons. The Morgan fingerprint density at radius 1 is 1.25 bits per heavy atom. The Balaban J connectivity index is 2.08. The lowest BCUT2D eigenvalue weighted by atomic mass is 10.2. The highest BCUT2D eigenvalue weighted by Gasteiger charge is 2.18. The number of nitrogens with zero attached hydrogens (tertiary/aromatic N) is 5. The van der Waals surface area contributed by atoms with Gasteiger partial charge in [0.1, 0.15) is 5.82 Å². The minimum Gasteiger partial charge on any atom is -0.299 e. The molecule has 2 aromatic heterocycles. The predicted molar refractivity (Wildman–Crippen MR) is 107 cm³/mol. The van der Waals surface area contributed by atoms with Crippen LogP contribution < -0.4 is 16.7 Å². The number of benzene rings is 1. The van der Waals surface area contributed by atoms with Crippen molar-refractivity contribution < 1.29 is 4.39 Å². The molecule has 1 N–H and O–H groups in total. The number of imidazole rings is 1. The highest BCUT2D eigenvalue weighted by Crippen LogP contribution is 2.16. The smallest absolute Gasteiger partial charge is 0.299 e. The first-order valence-corrected chi connectivity index (χ1v) is 8.70. The molecule has 3 aromatic rings. The van der Waals surface area contributed by atoms with Crippen LogP contribution >= 0.6 is 11.6 Å². The molecule has 0 fully saturated rings. The lowest BCUT2D eigenvalue weighted by Crippen LogP contribution is -2.37. The van der Waals surface area contributed by atoms with Crippen LogP contribution in [0.5, 0.6) is 0 Å². The highest BCUT2D eigenvalue weighted by molar-refractivity contribution is 6.29. The molecule has 8 nitrogen and oxygen atoms in total. The highest BCUT2D eigenvalue weighted by atomic mass is 35.5. The van der Waals surface area contributed by atoms with E-state index in [1.54, 1.807) is 29.7 Å². The van der Waals surface area contributed by atoms with E-state index < -0.39 is 11.2 Å². The molecule has 1 aromatic carbocycles. The number of halogens is 2. The van der Waals surface area contributed by atoms with Gasteiger partial charge in [-0.25, -0.2) is 14.6 Å². The number of hydrazone groups is 1. The van der Waals surface area contributed by atoms with Gasteiger partial charge in [-0.05, 0) is 24.6 Å². The van der Waals surface area contributed by atoms with E-state index in [2.05, 4.69) is 15.5 Å². The van der Waals surface area contributed by atoms with E-state index in [1.807, 2.05) is 0 Å². The topological polar surface area (TPSA) is 86.2 Å². The number of fused-ring (bicyclic) bond motifs is 1. The predicted octanol–water partition coefficient (Wildman–Crippen LogP) is 2.16. The van der Waals surface area contributed by atoms with Gasteiger partial charge in [0, 0.05) is 25.7 Å². The summed E-state index contributed by atoms with van der Waals surface area (Å²) in [6.07, 6.45) is 3.20. The zero-order valence-electron chi connectivity index (χ0n) is 15.5. The van der Waals surface area contributed by atoms with Crippen LogP contribution in [0.4, 0.5) is 10.3 Å². The van der Waals surface area contributed by atoms with Gasteiger partial charge in [-0.2, -0.15) is 10.1 Å². The van der Waals surface area contributed by atoms with Crippen molar-refractivity contribution in [3.63, 3.8) is 0 Å². The Hall–Kier alpha value is -3.20. The summed E-state index contributed by atoms with van der Waals surface area (Å²) >= 11 is 5.93. The third kappa shape index (κ3) is 3.74. The standard InChI is InChI=1S/C18H18ClFN6O2/c1-11(19)8-9-26-14-15(24(2)18(28)25(3)16(14)27)22-17(26)23-21-10-12-4-6-13(20)7-5-12/h4-8,10H,9H2,1-3H3,(H,22,23). The summed E-state index contributed by atoms with van der Waals surface area (Å²) in [7, 11) is 2.94. The molecule has 0 atom stereocenters. The maximum absolute atomic E-state index is 13.0. The van der Waals surface area contributed by atoms with Crippen LogP contribution in [0.3, 0.4) is 0 Å². The van der Waals surface area contributed by atoms with Gasteiger partial charge >= 0.3 is 5.69 Å². The second kappa shape index (κ2) is 7.81. The SMILES string of the molecule is CC(Cl)=CCn1c(NN=Cc2ccc(F)cc2)nc2c1c(=O)n(C)c(=O)n2C. The van der Waals surface area contributed by atoms with Crippen LogP contribution in [0, 0.1) is 5.82 Å². The molecule has 10 heteroatoms. The molecular weight excluding hydrogens is 387 g/mol. The molecule has 0 saturated heterocycles. The van der Waals surface area contributed by atoms with Crippen molar-refractivity contribution in [3.8, 4) is 0 Å². The van der Waals surface area contributed by atoms with E-state index in [4.69, 9.17) is 11.6 Å². The molecule has 0 aliphatic heterocycles. The van der Waals surface area contributed by atoms with Gasteiger partial charge in [0.05, 0.1) is 6.21 Å². The average molecular weight is 405 g/mol. The lowest BCUT2D eigenvalue weighted by Gasteiger charge is -2.06. The van der Waals surface area contributed by atoms with Gasteiger partial charge in [0.2, 0.25) is 5.95 Å². The number of anilines is 1. The second-order valence-electron chi connectivity index (χ2n) is 6.14. The molecule has 0 aliphatic rings. The summed E-state index contributed by atoms with van der Waals surface area (Å²) in [4.78, 5) is 29.2. The van der Waals surface area contributed by atoms with Crippen LogP contribution in [-0.2, 0) is 20.6 Å². The minimum absolute atomic E-state index is 0.230. The molecule has 0 bridgehead atoms. The maximum atomic E-state index is 13.0. The number of aryl methyl sites for hydroxylation is 1. The van der Waals surface area contributed by atoms with E-state index in [1.165, 1.54) is 37.0 Å². The van der Waals surface area contributed by atoms with Crippen molar-refractivity contribution >= 4 is 34.9 Å². The summed E-state index contributed by atoms with van der Waals surface area (Å²) in [5.74, 6) is -0.0762. The van der Waals surface area contributed by atoms with Crippen molar-refractivity contribution in [1.82, 2.24) is 18.7 Å². The molecule has 2 heterocycles. The number of allylic oxidation sites excluding steroid dienone is 2. The average Bonchev–Trinajstić information content (AvgIpc) is 3.03. The first kappa shape index (κ1) is 19.6. The molecule has 146 valence electrons. The normalized spacial score (nSPS) is 12.2. The van der Waals surface area contributed by atoms with Gasteiger partial charge in [-0.1, -0.05) is 29.8 Å². The third-order valence-corrected chi connectivity index (χ3v) is 4.31. The minimum atomic E-state index is -0.479. The third-order valence-electron chi connectivity index (χ3n) is 4.15. The molecule has 0 amide bonds. The fourth-order valence-corrected chi connectivity index (χ4v) is 2.71. The number of nitrogens with one attached hydrogen (secondary N) is 1. The lowest BCUT2D eigenvalue weighted by molar-refractivity contribution is 0.628. The number of hydrogen-bond donors (Lipinski definition) is 1. The van der Waals surface area contributed by atoms with Gasteiger partial charge in [0.25, 0.3) is 5.56 Å². The van der Waals surface area contributed by atoms with Crippen LogP contribution in [-0.4, -0.2) is 24.9 Å². The van der Waals surface area contributed by atoms with Crippen molar-refractivity contribution in [2.75, 3.05) is 5.43 Å². The molecular formula is C18H18ClFN6O2. The maximum Gasteiger partial charge on any atom is 0.332 e. The summed E-state index contributed by atoms with van der Waals surface area (Å²) in [6, 6.07) is 5.79. The molecule has 0 unspecified atom stereocenters. The number of hydrogen-bond acceptors (Lipinski definition) is 5. The summed E-state index contributed by atoms with van der Waals surface area (Å²) in [6.45, 7) is 1.97. The van der Waals surface area contributed by atoms with E-state index >= 15 is 0 Å². The summed E-state index contributed by atoms with van der Waals surface area (Å²) < 4.78 is 16.9. The molecule has 3 rings (SSSR count). The van der Waals surface area contributed by atoms with Gasteiger partial charge in [-0.15, -0.1) is 0 Å². The molecule has 28 heavy (non-hydrogen) atoms. The number of aromatic nitrogens is 4. The Morgan fingerprint density at radius 3 is 2.57 bits per heavy atom. The van der Waals surface area contributed by atoms with Crippen LogP contribution in [0.15, 0.2) is 50.1 Å². The zero-order chi connectivity index (χ0) is 20.4. The van der Waals surface area contributed by atoms with Crippen molar-refractivity contribution in [2.45, 2.75) is 13.5 Å². The van der Waals surface area contributed by atoms with Crippen LogP contribution in [0.25, 0.3) is 11.2 Å². The largest absolute Gasteiger partial charge is 0.332 e. The summed E-state index contributed by atoms with van der Waals surface area (Å²) in [5, 5.41) is 4.64. The molecule has 0 spiro atoms. The van der Waals surface area contributed by atoms with Crippen LogP contribution in [0.1, 0.15) is 12.5 Å². The molecule has 0 aliphatic carbocycles. The first-order valence-electron chi connectivity index (χ1n) is 8.32. The number of rotatable bonds is 5. The first-order chi connectivity index (χ1) is 13.3. The Labute approximate surface area is 164 Å². The zero-order valence-corrected chi connectivity index (χ0v) is 16.2. The van der Waals surface area contributed by atoms with Crippen molar-refractivity contribution in [2.24, 2.45) is 19.2 Å². The van der Waals surface area contributed by atoms with E-state index in [9.17, 15) is 14.0 Å². The van der Waals surface area contributed by atoms with E-state index in [0.29, 0.717) is 10.6 Å². The van der Waals surface area contributed by atoms with Gasteiger partial charge in [-0.3, -0.25) is 18.5 Å². The second-order valence-corrected chi connectivity index (χ2v) is 6.73. The van der Waals surface area contributed by atoms with Gasteiger partial charge < -0.3 is 0 Å². The Morgan fingerprint density at radius 2 is 1.93 bits per heavy atom. The Bertz CT molecular complexity index is 1200.